The highest BCUT2D eigenvalue weighted by Gasteiger charge is 2.08. The van der Waals surface area contributed by atoms with Crippen LogP contribution in [0.3, 0.4) is 0 Å². The minimum Gasteiger partial charge on any atom is -0.319 e. The molecule has 0 aliphatic heterocycles. The molecule has 0 spiro atoms. The molecule has 2 N–H and O–H groups in total. The molecule has 1 amide bonds. The Kier molecular flexibility index (Phi) is 3.26. The predicted molar refractivity (Wildman–Crippen MR) is 74.2 cm³/mol. The van der Waals surface area contributed by atoms with E-state index >= 15 is 0 Å². The van der Waals surface area contributed by atoms with E-state index in [1.807, 2.05) is 0 Å². The van der Waals surface area contributed by atoms with Gasteiger partial charge in [-0.1, -0.05) is 0 Å². The van der Waals surface area contributed by atoms with Crippen LogP contribution in [0.4, 0.5) is 5.69 Å². The number of hydrogen-bond donors (Lipinski definition) is 2. The first-order chi connectivity index (χ1) is 10.2. The zero-order valence-electron chi connectivity index (χ0n) is 10.7. The number of aromatic nitrogens is 5. The maximum Gasteiger partial charge on any atom is 0.276 e. The zero-order valence-corrected chi connectivity index (χ0v) is 10.7. The zero-order chi connectivity index (χ0) is 14.7. The number of aromatic amines is 1. The van der Waals surface area contributed by atoms with E-state index in [1.165, 1.54) is 18.3 Å². The molecule has 0 aliphatic carbocycles. The maximum absolute atomic E-state index is 11.9. The average molecular weight is 282 g/mol. The van der Waals surface area contributed by atoms with Gasteiger partial charge in [-0.3, -0.25) is 14.2 Å². The molecule has 0 atom stereocenters. The molecule has 0 bridgehead atoms. The van der Waals surface area contributed by atoms with Crippen molar-refractivity contribution in [2.75, 3.05) is 5.32 Å². The smallest absolute Gasteiger partial charge is 0.276 e. The Morgan fingerprint density at radius 1 is 1.24 bits per heavy atom. The third-order valence-corrected chi connectivity index (χ3v) is 2.69. The summed E-state index contributed by atoms with van der Waals surface area (Å²) in [6, 6.07) is 6.05. The van der Waals surface area contributed by atoms with E-state index < -0.39 is 5.91 Å². The lowest BCUT2D eigenvalue weighted by atomic mass is 10.3. The van der Waals surface area contributed by atoms with Crippen molar-refractivity contribution in [3.8, 4) is 5.82 Å². The molecular formula is C13H10N6O2. The summed E-state index contributed by atoms with van der Waals surface area (Å²) in [7, 11) is 0. The summed E-state index contributed by atoms with van der Waals surface area (Å²) in [4.78, 5) is 30.9. The molecule has 8 heteroatoms. The van der Waals surface area contributed by atoms with E-state index in [1.54, 1.807) is 35.4 Å². The Labute approximate surface area is 118 Å². The van der Waals surface area contributed by atoms with Crippen molar-refractivity contribution in [3.05, 3.63) is 65.2 Å². The Morgan fingerprint density at radius 3 is 2.76 bits per heavy atom. The van der Waals surface area contributed by atoms with Crippen LogP contribution in [0.25, 0.3) is 5.82 Å². The number of imidazole rings is 1. The van der Waals surface area contributed by atoms with E-state index in [0.717, 1.165) is 0 Å². The lowest BCUT2D eigenvalue weighted by Gasteiger charge is -2.05. The lowest BCUT2D eigenvalue weighted by Crippen LogP contribution is -2.17. The number of rotatable bonds is 3. The number of hydrogen-bond acceptors (Lipinski definition) is 5. The molecule has 0 aromatic carbocycles. The van der Waals surface area contributed by atoms with E-state index in [2.05, 4.69) is 25.5 Å². The second-order valence-electron chi connectivity index (χ2n) is 4.14. The molecular weight excluding hydrogens is 272 g/mol. The molecule has 3 heterocycles. The normalized spacial score (nSPS) is 10.3. The van der Waals surface area contributed by atoms with Gasteiger partial charge in [-0.25, -0.2) is 15.1 Å². The van der Waals surface area contributed by atoms with Crippen LogP contribution in [0, 0.1) is 0 Å². The molecule has 21 heavy (non-hydrogen) atoms. The van der Waals surface area contributed by atoms with Gasteiger partial charge < -0.3 is 5.32 Å². The fourth-order valence-electron chi connectivity index (χ4n) is 1.67. The monoisotopic (exact) mass is 282 g/mol. The van der Waals surface area contributed by atoms with Crippen LogP contribution in [0.5, 0.6) is 0 Å². The maximum atomic E-state index is 11.9. The van der Waals surface area contributed by atoms with Crippen molar-refractivity contribution in [1.82, 2.24) is 24.7 Å². The van der Waals surface area contributed by atoms with Crippen LogP contribution in [0.1, 0.15) is 10.5 Å². The number of H-pyrrole nitrogens is 1. The lowest BCUT2D eigenvalue weighted by molar-refractivity contribution is 0.102. The van der Waals surface area contributed by atoms with Crippen molar-refractivity contribution < 1.29 is 4.79 Å². The fraction of sp³-hybridized carbons (Fsp3) is 0. The molecule has 3 aromatic rings. The number of nitrogens with one attached hydrogen (secondary N) is 2. The SMILES string of the molecule is O=C(Nc1ccc(-n2ccnc2)nc1)c1ccc(=O)[nH]n1. The van der Waals surface area contributed by atoms with Crippen LogP contribution in [0.2, 0.25) is 0 Å². The summed E-state index contributed by atoms with van der Waals surface area (Å²) in [5, 5.41) is 8.49. The molecule has 0 fully saturated rings. The molecule has 3 rings (SSSR count). The van der Waals surface area contributed by atoms with Crippen molar-refractivity contribution in [2.24, 2.45) is 0 Å². The molecule has 0 radical (unpaired) electrons. The highest BCUT2D eigenvalue weighted by Crippen LogP contribution is 2.10. The highest BCUT2D eigenvalue weighted by atomic mass is 16.2. The number of pyridine rings is 1. The van der Waals surface area contributed by atoms with Crippen molar-refractivity contribution >= 4 is 11.6 Å². The Bertz CT molecular complexity index is 787. The Hall–Kier alpha value is -3.29. The molecule has 0 unspecified atom stereocenters. The molecule has 0 saturated carbocycles. The van der Waals surface area contributed by atoms with Gasteiger partial charge in [0.2, 0.25) is 0 Å². The minimum atomic E-state index is -0.427. The van der Waals surface area contributed by atoms with Crippen molar-refractivity contribution in [2.45, 2.75) is 0 Å². The molecule has 8 nitrogen and oxygen atoms in total. The van der Waals surface area contributed by atoms with Crippen LogP contribution in [0.15, 0.2) is 54.0 Å². The first-order valence-electron chi connectivity index (χ1n) is 6.04. The summed E-state index contributed by atoms with van der Waals surface area (Å²) in [5.41, 5.74) is 0.281. The second-order valence-corrected chi connectivity index (χ2v) is 4.14. The highest BCUT2D eigenvalue weighted by molar-refractivity contribution is 6.02. The summed E-state index contributed by atoms with van der Waals surface area (Å²) in [6.45, 7) is 0. The van der Waals surface area contributed by atoms with Crippen LogP contribution >= 0.6 is 0 Å². The summed E-state index contributed by atoms with van der Waals surface area (Å²) in [5.74, 6) is 0.260. The third-order valence-electron chi connectivity index (χ3n) is 2.69. The van der Waals surface area contributed by atoms with Gasteiger partial charge >= 0.3 is 0 Å². The second kappa shape index (κ2) is 5.37. The van der Waals surface area contributed by atoms with Gasteiger partial charge in [-0.2, -0.15) is 5.10 Å². The van der Waals surface area contributed by atoms with Gasteiger partial charge in [-0.15, -0.1) is 0 Å². The predicted octanol–water partition coefficient (Wildman–Crippen LogP) is 0.603. The van der Waals surface area contributed by atoms with Crippen LogP contribution in [-0.2, 0) is 0 Å². The summed E-state index contributed by atoms with van der Waals surface area (Å²) < 4.78 is 1.75. The summed E-state index contributed by atoms with van der Waals surface area (Å²) in [6.07, 6.45) is 6.58. The fourth-order valence-corrected chi connectivity index (χ4v) is 1.67. The molecule has 0 saturated heterocycles. The van der Waals surface area contributed by atoms with Crippen LogP contribution < -0.4 is 10.9 Å². The van der Waals surface area contributed by atoms with E-state index in [4.69, 9.17) is 0 Å². The summed E-state index contributed by atoms with van der Waals surface area (Å²) >= 11 is 0. The van der Waals surface area contributed by atoms with Crippen molar-refractivity contribution in [1.29, 1.82) is 0 Å². The van der Waals surface area contributed by atoms with Crippen LogP contribution in [-0.4, -0.2) is 30.6 Å². The van der Waals surface area contributed by atoms with Gasteiger partial charge in [0.15, 0.2) is 0 Å². The number of anilines is 1. The Balaban J connectivity index is 1.74. The van der Waals surface area contributed by atoms with E-state index in [-0.39, 0.29) is 11.3 Å². The third kappa shape index (κ3) is 2.84. The van der Waals surface area contributed by atoms with Gasteiger partial charge in [0.25, 0.3) is 11.5 Å². The number of nitrogens with zero attached hydrogens (tertiary/aromatic N) is 4. The number of amides is 1. The quantitative estimate of drug-likeness (QED) is 0.732. The van der Waals surface area contributed by atoms with Gasteiger partial charge in [0.05, 0.1) is 11.9 Å². The first kappa shape index (κ1) is 12.7. The topological polar surface area (TPSA) is 106 Å². The Morgan fingerprint density at radius 2 is 2.14 bits per heavy atom. The first-order valence-corrected chi connectivity index (χ1v) is 6.04. The van der Waals surface area contributed by atoms with Gasteiger partial charge in [0, 0.05) is 18.5 Å². The van der Waals surface area contributed by atoms with Gasteiger partial charge in [0.1, 0.15) is 17.8 Å². The van der Waals surface area contributed by atoms with Crippen molar-refractivity contribution in [3.63, 3.8) is 0 Å². The molecule has 3 aromatic heterocycles. The number of carbonyl (C=O) groups is 1. The molecule has 104 valence electrons. The molecule has 0 aliphatic rings. The van der Waals surface area contributed by atoms with E-state index in [9.17, 15) is 9.59 Å². The number of carbonyl (C=O) groups excluding carboxylic acids is 1. The minimum absolute atomic E-state index is 0.119. The van der Waals surface area contributed by atoms with Gasteiger partial charge in [-0.05, 0) is 18.2 Å². The standard InChI is InChI=1S/C13H10N6O2/c20-12-4-2-10(17-18-12)13(21)16-9-1-3-11(15-7-9)19-6-5-14-8-19/h1-8H,(H,16,21)(H,18,20). The largest absolute Gasteiger partial charge is 0.319 e. The van der Waals surface area contributed by atoms with E-state index in [0.29, 0.717) is 11.5 Å². The average Bonchev–Trinajstić information content (AvgIpc) is 3.03.